The summed E-state index contributed by atoms with van der Waals surface area (Å²) in [6.45, 7) is 0.856. The topological polar surface area (TPSA) is 109 Å². The van der Waals surface area contributed by atoms with Gasteiger partial charge in [-0.25, -0.2) is 8.42 Å². The Kier molecular flexibility index (Phi) is 8.70. The Morgan fingerprint density at radius 2 is 1.88 bits per heavy atom. The van der Waals surface area contributed by atoms with E-state index in [9.17, 15) is 18.0 Å². The molecule has 0 aliphatic carbocycles. The molecular weight excluding hydrogens is 464 g/mol. The molecule has 1 saturated heterocycles. The first-order chi connectivity index (χ1) is 15.9. The van der Waals surface area contributed by atoms with Gasteiger partial charge in [0.05, 0.1) is 12.7 Å². The number of nitrogens with one attached hydrogen (secondary N) is 1. The molecule has 3 rings (SSSR count). The van der Waals surface area contributed by atoms with Crippen LogP contribution in [0.25, 0.3) is 0 Å². The number of hydrogen-bond acceptors (Lipinski definition) is 7. The number of carbonyl (C=O) groups excluding carboxylic acids is 2. The molecule has 33 heavy (non-hydrogen) atoms. The molecule has 1 fully saturated rings. The lowest BCUT2D eigenvalue weighted by Crippen LogP contribution is -2.56. The molecule has 9 nitrogen and oxygen atoms in total. The summed E-state index contributed by atoms with van der Waals surface area (Å²) in [5.41, 5.74) is 0.356. The molecule has 2 aromatic rings. The number of amides is 2. The fourth-order valence-corrected chi connectivity index (χ4v) is 5.44. The number of para-hydroxylation sites is 1. The standard InChI is InChI=1S/C22H28N4O5S2/c1-31-20-8-4-3-7-18(20)21(27)24-19(9-15-32-2)22(28)25-11-13-26(14-12-25)33(29,30)17-6-5-10-23-16-17/h3-8,10,16,19H,9,11-15H2,1-2H3,(H,24,27). The largest absolute Gasteiger partial charge is 0.496 e. The lowest BCUT2D eigenvalue weighted by molar-refractivity contribution is -0.134. The zero-order chi connectivity index (χ0) is 23.8. The van der Waals surface area contributed by atoms with Gasteiger partial charge in [0.1, 0.15) is 16.7 Å². The van der Waals surface area contributed by atoms with Crippen LogP contribution in [0.4, 0.5) is 0 Å². The van der Waals surface area contributed by atoms with E-state index in [0.29, 0.717) is 23.5 Å². The normalized spacial score (nSPS) is 15.6. The molecule has 1 aliphatic rings. The Balaban J connectivity index is 1.67. The van der Waals surface area contributed by atoms with Crippen LogP contribution >= 0.6 is 11.8 Å². The number of ether oxygens (including phenoxy) is 1. The molecular formula is C22H28N4O5S2. The van der Waals surface area contributed by atoms with E-state index in [1.165, 1.54) is 29.9 Å². The third kappa shape index (κ3) is 6.04. The Morgan fingerprint density at radius 3 is 2.52 bits per heavy atom. The second-order valence-corrected chi connectivity index (χ2v) is 10.3. The Bertz CT molecular complexity index is 1060. The maximum Gasteiger partial charge on any atom is 0.255 e. The van der Waals surface area contributed by atoms with Crippen LogP contribution in [-0.4, -0.2) is 85.8 Å². The molecule has 178 valence electrons. The zero-order valence-corrected chi connectivity index (χ0v) is 20.3. The average Bonchev–Trinajstić information content (AvgIpc) is 2.86. The van der Waals surface area contributed by atoms with Gasteiger partial charge in [0, 0.05) is 38.6 Å². The van der Waals surface area contributed by atoms with Gasteiger partial charge in [-0.15, -0.1) is 0 Å². The summed E-state index contributed by atoms with van der Waals surface area (Å²) in [5.74, 6) is 0.522. The Labute approximate surface area is 198 Å². The van der Waals surface area contributed by atoms with E-state index in [4.69, 9.17) is 4.74 Å². The number of benzene rings is 1. The fourth-order valence-electron chi connectivity index (χ4n) is 3.58. The van der Waals surface area contributed by atoms with E-state index in [2.05, 4.69) is 10.3 Å². The highest BCUT2D eigenvalue weighted by Gasteiger charge is 2.33. The van der Waals surface area contributed by atoms with E-state index in [0.717, 1.165) is 0 Å². The van der Waals surface area contributed by atoms with Crippen molar-refractivity contribution in [3.05, 3.63) is 54.4 Å². The molecule has 0 radical (unpaired) electrons. The quantitative estimate of drug-likeness (QED) is 0.565. The van der Waals surface area contributed by atoms with Crippen molar-refractivity contribution in [2.45, 2.75) is 17.4 Å². The molecule has 1 aromatic heterocycles. The van der Waals surface area contributed by atoms with Crippen molar-refractivity contribution in [3.63, 3.8) is 0 Å². The number of rotatable bonds is 9. The molecule has 11 heteroatoms. The molecule has 1 unspecified atom stereocenters. The zero-order valence-electron chi connectivity index (χ0n) is 18.6. The molecule has 1 aromatic carbocycles. The van der Waals surface area contributed by atoms with Gasteiger partial charge >= 0.3 is 0 Å². The van der Waals surface area contributed by atoms with Gasteiger partial charge < -0.3 is 15.0 Å². The number of aromatic nitrogens is 1. The molecule has 0 saturated carbocycles. The van der Waals surface area contributed by atoms with Gasteiger partial charge in [-0.05, 0) is 42.7 Å². The van der Waals surface area contributed by atoms with E-state index in [1.54, 1.807) is 47.0 Å². The van der Waals surface area contributed by atoms with E-state index >= 15 is 0 Å². The molecule has 2 heterocycles. The highest BCUT2D eigenvalue weighted by molar-refractivity contribution is 7.98. The number of pyridine rings is 1. The van der Waals surface area contributed by atoms with Gasteiger partial charge in [-0.1, -0.05) is 12.1 Å². The third-order valence-electron chi connectivity index (χ3n) is 5.39. The summed E-state index contributed by atoms with van der Waals surface area (Å²) in [5, 5.41) is 2.84. The van der Waals surface area contributed by atoms with Crippen molar-refractivity contribution >= 4 is 33.6 Å². The molecule has 1 atom stereocenters. The van der Waals surface area contributed by atoms with E-state index in [1.807, 2.05) is 6.26 Å². The SMILES string of the molecule is COc1ccccc1C(=O)NC(CCSC)C(=O)N1CCN(S(=O)(=O)c2cccnc2)CC1. The number of sulfonamides is 1. The van der Waals surface area contributed by atoms with Crippen molar-refractivity contribution < 1.29 is 22.7 Å². The third-order valence-corrected chi connectivity index (χ3v) is 7.91. The minimum Gasteiger partial charge on any atom is -0.496 e. The van der Waals surface area contributed by atoms with Crippen LogP contribution in [0.1, 0.15) is 16.8 Å². The predicted molar refractivity (Wildman–Crippen MR) is 127 cm³/mol. The Hall–Kier alpha value is -2.63. The van der Waals surface area contributed by atoms with Gasteiger partial charge in [-0.2, -0.15) is 16.1 Å². The minimum absolute atomic E-state index is 0.131. The monoisotopic (exact) mass is 492 g/mol. The summed E-state index contributed by atoms with van der Waals surface area (Å²) in [6.07, 6.45) is 5.24. The van der Waals surface area contributed by atoms with Crippen LogP contribution in [0.5, 0.6) is 5.75 Å². The van der Waals surface area contributed by atoms with E-state index < -0.39 is 16.1 Å². The highest BCUT2D eigenvalue weighted by Crippen LogP contribution is 2.19. The van der Waals surface area contributed by atoms with Gasteiger partial charge in [0.2, 0.25) is 15.9 Å². The lowest BCUT2D eigenvalue weighted by Gasteiger charge is -2.36. The van der Waals surface area contributed by atoms with Crippen molar-refractivity contribution in [1.82, 2.24) is 19.5 Å². The second kappa shape index (κ2) is 11.5. The number of nitrogens with zero attached hydrogens (tertiary/aromatic N) is 3. The van der Waals surface area contributed by atoms with Gasteiger partial charge in [-0.3, -0.25) is 14.6 Å². The first kappa shape index (κ1) is 25.0. The predicted octanol–water partition coefficient (Wildman–Crippen LogP) is 1.47. The van der Waals surface area contributed by atoms with Crippen LogP contribution in [-0.2, 0) is 14.8 Å². The van der Waals surface area contributed by atoms with Crippen LogP contribution in [0, 0.1) is 0 Å². The Morgan fingerprint density at radius 1 is 1.15 bits per heavy atom. The van der Waals surface area contributed by atoms with Crippen LogP contribution < -0.4 is 10.1 Å². The molecule has 2 amide bonds. The summed E-state index contributed by atoms with van der Waals surface area (Å²) in [4.78, 5) is 31.7. The number of hydrogen-bond donors (Lipinski definition) is 1. The molecule has 0 bridgehead atoms. The summed E-state index contributed by atoms with van der Waals surface area (Å²) in [7, 11) is -2.17. The van der Waals surface area contributed by atoms with Crippen molar-refractivity contribution in [2.24, 2.45) is 0 Å². The highest BCUT2D eigenvalue weighted by atomic mass is 32.2. The first-order valence-corrected chi connectivity index (χ1v) is 13.3. The molecule has 1 N–H and O–H groups in total. The number of carbonyl (C=O) groups is 2. The van der Waals surface area contributed by atoms with Crippen molar-refractivity contribution in [1.29, 1.82) is 0 Å². The summed E-state index contributed by atoms with van der Waals surface area (Å²) in [6, 6.07) is 9.21. The van der Waals surface area contributed by atoms with Crippen molar-refractivity contribution in [3.8, 4) is 5.75 Å². The number of methoxy groups -OCH3 is 1. The van der Waals surface area contributed by atoms with Crippen molar-refractivity contribution in [2.75, 3.05) is 45.3 Å². The lowest BCUT2D eigenvalue weighted by atomic mass is 10.1. The fraction of sp³-hybridized carbons (Fsp3) is 0.409. The average molecular weight is 493 g/mol. The smallest absolute Gasteiger partial charge is 0.255 e. The number of piperazine rings is 1. The molecule has 0 spiro atoms. The van der Waals surface area contributed by atoms with E-state index in [-0.39, 0.29) is 42.9 Å². The number of thioether (sulfide) groups is 1. The first-order valence-electron chi connectivity index (χ1n) is 10.5. The van der Waals surface area contributed by atoms with Crippen LogP contribution in [0.15, 0.2) is 53.7 Å². The van der Waals surface area contributed by atoms with Crippen LogP contribution in [0.2, 0.25) is 0 Å². The van der Waals surface area contributed by atoms with Crippen LogP contribution in [0.3, 0.4) is 0 Å². The maximum absolute atomic E-state index is 13.2. The second-order valence-electron chi connectivity index (χ2n) is 7.43. The minimum atomic E-state index is -3.66. The maximum atomic E-state index is 13.2. The van der Waals surface area contributed by atoms with Gasteiger partial charge in [0.25, 0.3) is 5.91 Å². The summed E-state index contributed by atoms with van der Waals surface area (Å²) < 4.78 is 32.2. The molecule has 1 aliphatic heterocycles. The summed E-state index contributed by atoms with van der Waals surface area (Å²) >= 11 is 1.59. The van der Waals surface area contributed by atoms with Gasteiger partial charge in [0.15, 0.2) is 0 Å².